The van der Waals surface area contributed by atoms with Gasteiger partial charge in [-0.3, -0.25) is 14.8 Å². The first-order valence-corrected chi connectivity index (χ1v) is 5.60. The highest BCUT2D eigenvalue weighted by molar-refractivity contribution is 14.1. The first-order valence-electron chi connectivity index (χ1n) is 4.53. The van der Waals surface area contributed by atoms with Crippen molar-refractivity contribution in [2.75, 3.05) is 0 Å². The van der Waals surface area contributed by atoms with E-state index in [1.807, 2.05) is 12.1 Å². The van der Waals surface area contributed by atoms with Crippen LogP contribution in [0.1, 0.15) is 17.9 Å². The number of primary amides is 1. The van der Waals surface area contributed by atoms with Crippen LogP contribution in [0.2, 0.25) is 0 Å². The highest BCUT2D eigenvalue weighted by atomic mass is 127. The van der Waals surface area contributed by atoms with Crippen molar-refractivity contribution >= 4 is 34.4 Å². The third-order valence-electron chi connectivity index (χ3n) is 2.11. The van der Waals surface area contributed by atoms with Gasteiger partial charge in [0.05, 0.1) is 5.92 Å². The highest BCUT2D eigenvalue weighted by Crippen LogP contribution is 2.24. The number of carbonyl (C=O) groups excluding carboxylic acids is 2. The van der Waals surface area contributed by atoms with Gasteiger partial charge in [0.25, 0.3) is 5.91 Å². The van der Waals surface area contributed by atoms with E-state index in [0.29, 0.717) is 5.56 Å². The molecule has 0 saturated heterocycles. The fourth-order valence-corrected chi connectivity index (χ4v) is 2.14. The topological polar surface area (TPSA) is 92.4 Å². The van der Waals surface area contributed by atoms with Crippen LogP contribution in [0.25, 0.3) is 0 Å². The summed E-state index contributed by atoms with van der Waals surface area (Å²) >= 11 is 2.06. The van der Waals surface area contributed by atoms with Gasteiger partial charge >= 0.3 is 0 Å². The molecule has 0 aliphatic carbocycles. The molecule has 1 aromatic carbocycles. The largest absolute Gasteiger partial charge is 0.370 e. The van der Waals surface area contributed by atoms with E-state index in [9.17, 15) is 9.59 Å². The predicted molar refractivity (Wildman–Crippen MR) is 65.6 cm³/mol. The number of benzene rings is 1. The summed E-state index contributed by atoms with van der Waals surface area (Å²) in [6.45, 7) is 0. The van der Waals surface area contributed by atoms with Gasteiger partial charge < -0.3 is 5.73 Å². The van der Waals surface area contributed by atoms with E-state index in [1.165, 1.54) is 0 Å². The molecular weight excluding hydrogens is 323 g/mol. The number of nitrogens with one attached hydrogen (secondary N) is 1. The predicted octanol–water partition coefficient (Wildman–Crippen LogP) is 0.756. The molecule has 1 unspecified atom stereocenters. The molecule has 86 valence electrons. The van der Waals surface area contributed by atoms with Crippen molar-refractivity contribution < 1.29 is 14.8 Å². The zero-order chi connectivity index (χ0) is 12.1. The molecule has 0 aliphatic rings. The average molecular weight is 334 g/mol. The summed E-state index contributed by atoms with van der Waals surface area (Å²) in [7, 11) is 0. The number of nitrogens with two attached hydrogens (primary N) is 1. The monoisotopic (exact) mass is 334 g/mol. The van der Waals surface area contributed by atoms with Gasteiger partial charge in [-0.1, -0.05) is 18.2 Å². The van der Waals surface area contributed by atoms with E-state index in [-0.39, 0.29) is 6.42 Å². The van der Waals surface area contributed by atoms with Gasteiger partial charge in [0, 0.05) is 9.99 Å². The van der Waals surface area contributed by atoms with Crippen LogP contribution in [0, 0.1) is 3.57 Å². The van der Waals surface area contributed by atoms with E-state index < -0.39 is 17.7 Å². The maximum absolute atomic E-state index is 11.4. The molecule has 0 aliphatic heterocycles. The van der Waals surface area contributed by atoms with Crippen molar-refractivity contribution in [1.29, 1.82) is 0 Å². The molecule has 1 aromatic rings. The molecule has 1 rings (SSSR count). The van der Waals surface area contributed by atoms with E-state index in [2.05, 4.69) is 22.6 Å². The Morgan fingerprint density at radius 3 is 2.56 bits per heavy atom. The maximum Gasteiger partial charge on any atom is 0.251 e. The minimum Gasteiger partial charge on any atom is -0.370 e. The smallest absolute Gasteiger partial charge is 0.251 e. The Labute approximate surface area is 106 Å². The summed E-state index contributed by atoms with van der Waals surface area (Å²) in [6.07, 6.45) is -0.133. The molecule has 0 saturated carbocycles. The summed E-state index contributed by atoms with van der Waals surface area (Å²) in [5.41, 5.74) is 7.29. The van der Waals surface area contributed by atoms with Gasteiger partial charge in [-0.05, 0) is 34.2 Å². The number of carbonyl (C=O) groups is 2. The lowest BCUT2D eigenvalue weighted by Gasteiger charge is -2.14. The molecule has 16 heavy (non-hydrogen) atoms. The molecule has 6 heteroatoms. The maximum atomic E-state index is 11.4. The third kappa shape index (κ3) is 3.17. The zero-order valence-corrected chi connectivity index (χ0v) is 10.5. The molecule has 0 heterocycles. The standard InChI is InChI=1S/C10H11IN2O3/c11-8-4-2-1-3-6(8)7(5-9(12)14)10(15)13-16/h1-4,7,16H,5H2,(H2,12,14)(H,13,15). The third-order valence-corrected chi connectivity index (χ3v) is 3.10. The normalized spacial score (nSPS) is 11.9. The number of rotatable bonds is 4. The molecule has 1 atom stereocenters. The van der Waals surface area contributed by atoms with Crippen LogP contribution in [-0.4, -0.2) is 17.0 Å². The Morgan fingerprint density at radius 2 is 2.06 bits per heavy atom. The van der Waals surface area contributed by atoms with E-state index >= 15 is 0 Å². The highest BCUT2D eigenvalue weighted by Gasteiger charge is 2.24. The van der Waals surface area contributed by atoms with Gasteiger partial charge in [-0.2, -0.15) is 0 Å². The Hall–Kier alpha value is -1.15. The van der Waals surface area contributed by atoms with Crippen LogP contribution in [0.3, 0.4) is 0 Å². The van der Waals surface area contributed by atoms with E-state index in [0.717, 1.165) is 3.57 Å². The van der Waals surface area contributed by atoms with Crippen molar-refractivity contribution in [3.05, 3.63) is 33.4 Å². The van der Waals surface area contributed by atoms with Gasteiger partial charge in [-0.15, -0.1) is 0 Å². The van der Waals surface area contributed by atoms with Crippen molar-refractivity contribution in [3.8, 4) is 0 Å². The van der Waals surface area contributed by atoms with Crippen molar-refractivity contribution in [1.82, 2.24) is 5.48 Å². The van der Waals surface area contributed by atoms with Gasteiger partial charge in [0.2, 0.25) is 5.91 Å². The second kappa shape index (κ2) is 5.80. The summed E-state index contributed by atoms with van der Waals surface area (Å²) in [6, 6.07) is 7.12. The van der Waals surface area contributed by atoms with Crippen molar-refractivity contribution in [3.63, 3.8) is 0 Å². The van der Waals surface area contributed by atoms with Crippen molar-refractivity contribution in [2.45, 2.75) is 12.3 Å². The Balaban J connectivity index is 3.06. The Kier molecular flexibility index (Phi) is 4.69. The molecule has 0 aromatic heterocycles. The fourth-order valence-electron chi connectivity index (χ4n) is 1.38. The summed E-state index contributed by atoms with van der Waals surface area (Å²) in [4.78, 5) is 22.3. The van der Waals surface area contributed by atoms with Crippen LogP contribution >= 0.6 is 22.6 Å². The van der Waals surface area contributed by atoms with Crippen LogP contribution in [-0.2, 0) is 9.59 Å². The molecule has 0 radical (unpaired) electrons. The number of hydrogen-bond donors (Lipinski definition) is 3. The quantitative estimate of drug-likeness (QED) is 0.431. The number of hydrogen-bond acceptors (Lipinski definition) is 3. The molecule has 5 nitrogen and oxygen atoms in total. The zero-order valence-electron chi connectivity index (χ0n) is 8.31. The van der Waals surface area contributed by atoms with E-state index in [4.69, 9.17) is 10.9 Å². The van der Waals surface area contributed by atoms with Gasteiger partial charge in [0.15, 0.2) is 0 Å². The molecule has 0 bridgehead atoms. The van der Waals surface area contributed by atoms with Crippen LogP contribution in [0.5, 0.6) is 0 Å². The Bertz CT molecular complexity index is 409. The SMILES string of the molecule is NC(=O)CC(C(=O)NO)c1ccccc1I. The van der Waals surface area contributed by atoms with Crippen LogP contribution in [0.4, 0.5) is 0 Å². The number of hydroxylamine groups is 1. The molecule has 2 amide bonds. The lowest BCUT2D eigenvalue weighted by molar-refractivity contribution is -0.133. The van der Waals surface area contributed by atoms with Gasteiger partial charge in [-0.25, -0.2) is 5.48 Å². The Morgan fingerprint density at radius 1 is 1.44 bits per heavy atom. The average Bonchev–Trinajstić information content (AvgIpc) is 2.26. The summed E-state index contributed by atoms with van der Waals surface area (Å²) in [5.74, 6) is -1.98. The molecule has 4 N–H and O–H groups in total. The molecular formula is C10H11IN2O3. The molecule has 0 fully saturated rings. The second-order valence-electron chi connectivity index (χ2n) is 3.22. The summed E-state index contributed by atoms with van der Waals surface area (Å²) in [5, 5.41) is 8.62. The van der Waals surface area contributed by atoms with Crippen molar-refractivity contribution in [2.24, 2.45) is 5.73 Å². The second-order valence-corrected chi connectivity index (χ2v) is 4.38. The lowest BCUT2D eigenvalue weighted by Crippen LogP contribution is -2.30. The van der Waals surface area contributed by atoms with E-state index in [1.54, 1.807) is 17.6 Å². The minimum absolute atomic E-state index is 0.133. The van der Waals surface area contributed by atoms with Crippen LogP contribution < -0.4 is 11.2 Å². The lowest BCUT2D eigenvalue weighted by atomic mass is 9.95. The first-order chi connectivity index (χ1) is 7.56. The number of amides is 2. The first kappa shape index (κ1) is 12.9. The minimum atomic E-state index is -0.754. The number of halogens is 1. The molecule has 0 spiro atoms. The summed E-state index contributed by atoms with van der Waals surface area (Å²) < 4.78 is 0.843. The fraction of sp³-hybridized carbons (Fsp3) is 0.200. The van der Waals surface area contributed by atoms with Crippen LogP contribution in [0.15, 0.2) is 24.3 Å². The van der Waals surface area contributed by atoms with Gasteiger partial charge in [0.1, 0.15) is 0 Å².